The fourth-order valence-electron chi connectivity index (χ4n) is 1.18. The maximum absolute atomic E-state index is 10.9. The predicted octanol–water partition coefficient (Wildman–Crippen LogP) is 3.43. The summed E-state index contributed by atoms with van der Waals surface area (Å²) in [7, 11) is 0. The molecule has 0 aromatic carbocycles. The monoisotopic (exact) mass is 170 g/mol. The van der Waals surface area contributed by atoms with Crippen LogP contribution in [0.2, 0.25) is 0 Å². The van der Waals surface area contributed by atoms with Crippen molar-refractivity contribution >= 4 is 5.78 Å². The highest BCUT2D eigenvalue weighted by molar-refractivity contribution is 5.77. The van der Waals surface area contributed by atoms with Crippen LogP contribution in [0.25, 0.3) is 0 Å². The van der Waals surface area contributed by atoms with Crippen LogP contribution in [0.15, 0.2) is 0 Å². The van der Waals surface area contributed by atoms with E-state index >= 15 is 0 Å². The molecule has 0 aliphatic rings. The molecule has 0 aliphatic carbocycles. The van der Waals surface area contributed by atoms with Gasteiger partial charge < -0.3 is 0 Å². The molecule has 0 aliphatic heterocycles. The van der Waals surface area contributed by atoms with E-state index in [0.717, 1.165) is 12.3 Å². The quantitative estimate of drug-likeness (QED) is 0.597. The third-order valence-corrected chi connectivity index (χ3v) is 2.72. The van der Waals surface area contributed by atoms with Crippen molar-refractivity contribution in [3.8, 4) is 0 Å². The molecule has 0 saturated heterocycles. The van der Waals surface area contributed by atoms with Gasteiger partial charge in [-0.2, -0.15) is 0 Å². The Balaban J connectivity index is 3.37. The minimum Gasteiger partial charge on any atom is -0.300 e. The van der Waals surface area contributed by atoms with Gasteiger partial charge in [-0.1, -0.05) is 40.0 Å². The van der Waals surface area contributed by atoms with Crippen LogP contribution in [0.3, 0.4) is 0 Å². The lowest BCUT2D eigenvalue weighted by atomic mass is 9.95. The van der Waals surface area contributed by atoms with E-state index in [1.54, 1.807) is 6.92 Å². The van der Waals surface area contributed by atoms with E-state index in [2.05, 4.69) is 13.8 Å². The van der Waals surface area contributed by atoms with Crippen molar-refractivity contribution in [2.24, 2.45) is 11.8 Å². The van der Waals surface area contributed by atoms with Crippen LogP contribution in [0.1, 0.15) is 53.4 Å². The largest absolute Gasteiger partial charge is 0.300 e. The molecule has 0 aromatic heterocycles. The van der Waals surface area contributed by atoms with E-state index in [9.17, 15) is 4.79 Å². The maximum Gasteiger partial charge on any atom is 0.132 e. The zero-order valence-corrected chi connectivity index (χ0v) is 8.89. The Kier molecular flexibility index (Phi) is 6.04. The van der Waals surface area contributed by atoms with E-state index < -0.39 is 0 Å². The van der Waals surface area contributed by atoms with Crippen molar-refractivity contribution in [2.45, 2.75) is 53.4 Å². The number of hydrogen-bond donors (Lipinski definition) is 0. The average molecular weight is 170 g/mol. The van der Waals surface area contributed by atoms with Gasteiger partial charge in [0.2, 0.25) is 0 Å². The molecule has 0 fully saturated rings. The lowest BCUT2D eigenvalue weighted by Gasteiger charge is -2.10. The number of Topliss-reactive ketones (excluding diaryl/α,β-unsaturated/α-hetero) is 1. The summed E-state index contributed by atoms with van der Waals surface area (Å²) < 4.78 is 0. The summed E-state index contributed by atoms with van der Waals surface area (Å²) in [5.74, 6) is 1.43. The van der Waals surface area contributed by atoms with Crippen molar-refractivity contribution < 1.29 is 4.79 Å². The van der Waals surface area contributed by atoms with Gasteiger partial charge in [-0.05, 0) is 19.3 Å². The Morgan fingerprint density at radius 2 is 1.83 bits per heavy atom. The van der Waals surface area contributed by atoms with Gasteiger partial charge in [-0.25, -0.2) is 0 Å². The summed E-state index contributed by atoms with van der Waals surface area (Å²) in [4.78, 5) is 10.9. The van der Waals surface area contributed by atoms with Gasteiger partial charge in [0.05, 0.1) is 0 Å². The zero-order valence-electron chi connectivity index (χ0n) is 8.89. The summed E-state index contributed by atoms with van der Waals surface area (Å²) in [6.45, 7) is 8.21. The van der Waals surface area contributed by atoms with E-state index in [4.69, 9.17) is 0 Å². The molecule has 1 nitrogen and oxygen atoms in total. The molecule has 0 N–H and O–H groups in total. The predicted molar refractivity (Wildman–Crippen MR) is 53.2 cm³/mol. The van der Waals surface area contributed by atoms with Gasteiger partial charge in [0.25, 0.3) is 0 Å². The van der Waals surface area contributed by atoms with Gasteiger partial charge in [-0.15, -0.1) is 0 Å². The van der Waals surface area contributed by atoms with Crippen LogP contribution in [0.4, 0.5) is 0 Å². The molecule has 0 spiro atoms. The van der Waals surface area contributed by atoms with Crippen LogP contribution in [-0.4, -0.2) is 5.78 Å². The number of carbonyl (C=O) groups is 1. The van der Waals surface area contributed by atoms with E-state index in [1.165, 1.54) is 19.3 Å². The van der Waals surface area contributed by atoms with Crippen molar-refractivity contribution in [2.75, 3.05) is 0 Å². The van der Waals surface area contributed by atoms with Crippen LogP contribution >= 0.6 is 0 Å². The van der Waals surface area contributed by atoms with E-state index in [1.807, 2.05) is 6.92 Å². The molecule has 0 heterocycles. The molecule has 72 valence electrons. The lowest BCUT2D eigenvalue weighted by molar-refractivity contribution is -0.120. The van der Waals surface area contributed by atoms with E-state index in [-0.39, 0.29) is 5.92 Å². The Hall–Kier alpha value is -0.330. The highest BCUT2D eigenvalue weighted by atomic mass is 16.1. The molecule has 0 aromatic rings. The molecule has 0 bridgehead atoms. The topological polar surface area (TPSA) is 17.1 Å². The summed E-state index contributed by atoms with van der Waals surface area (Å²) >= 11 is 0. The maximum atomic E-state index is 10.9. The number of ketones is 1. The zero-order chi connectivity index (χ0) is 9.56. The molecule has 12 heavy (non-hydrogen) atoms. The smallest absolute Gasteiger partial charge is 0.132 e. The summed E-state index contributed by atoms with van der Waals surface area (Å²) in [6, 6.07) is 0. The lowest BCUT2D eigenvalue weighted by Crippen LogP contribution is -2.06. The summed E-state index contributed by atoms with van der Waals surface area (Å²) in [5.41, 5.74) is 0. The molecular weight excluding hydrogens is 148 g/mol. The van der Waals surface area contributed by atoms with Gasteiger partial charge in [-0.3, -0.25) is 4.79 Å². The minimum absolute atomic E-state index is 0.272. The Bertz CT molecular complexity index is 129. The Labute approximate surface area is 76.6 Å². The number of rotatable bonds is 6. The first kappa shape index (κ1) is 11.7. The third-order valence-electron chi connectivity index (χ3n) is 2.72. The molecule has 1 heteroatoms. The van der Waals surface area contributed by atoms with Crippen LogP contribution in [0.5, 0.6) is 0 Å². The minimum atomic E-state index is 0.272. The van der Waals surface area contributed by atoms with Crippen molar-refractivity contribution in [3.05, 3.63) is 0 Å². The van der Waals surface area contributed by atoms with Crippen molar-refractivity contribution in [3.63, 3.8) is 0 Å². The SMILES string of the molecule is CCC(C)CCCC(C)C(C)=O. The molecule has 2 unspecified atom stereocenters. The van der Waals surface area contributed by atoms with Gasteiger partial charge >= 0.3 is 0 Å². The molecule has 2 atom stereocenters. The second-order valence-electron chi connectivity index (χ2n) is 3.96. The van der Waals surface area contributed by atoms with Crippen LogP contribution in [0, 0.1) is 11.8 Å². The van der Waals surface area contributed by atoms with Gasteiger partial charge in [0.1, 0.15) is 5.78 Å². The van der Waals surface area contributed by atoms with Crippen molar-refractivity contribution in [1.82, 2.24) is 0 Å². The summed E-state index contributed by atoms with van der Waals surface area (Å²) in [5, 5.41) is 0. The molecule has 0 saturated carbocycles. The van der Waals surface area contributed by atoms with E-state index in [0.29, 0.717) is 5.78 Å². The normalized spacial score (nSPS) is 15.7. The summed E-state index contributed by atoms with van der Waals surface area (Å²) in [6.07, 6.45) is 4.80. The second kappa shape index (κ2) is 6.22. The molecule has 0 radical (unpaired) electrons. The molecule has 0 amide bonds. The molecular formula is C11H22O. The highest BCUT2D eigenvalue weighted by Gasteiger charge is 2.07. The first-order chi connectivity index (χ1) is 5.57. The second-order valence-corrected chi connectivity index (χ2v) is 3.96. The first-order valence-corrected chi connectivity index (χ1v) is 5.08. The number of carbonyl (C=O) groups excluding carboxylic acids is 1. The van der Waals surface area contributed by atoms with Crippen LogP contribution < -0.4 is 0 Å². The highest BCUT2D eigenvalue weighted by Crippen LogP contribution is 2.15. The third kappa shape index (κ3) is 5.34. The Morgan fingerprint density at radius 1 is 1.25 bits per heavy atom. The Morgan fingerprint density at radius 3 is 2.25 bits per heavy atom. The number of hydrogen-bond acceptors (Lipinski definition) is 1. The van der Waals surface area contributed by atoms with Gasteiger partial charge in [0, 0.05) is 5.92 Å². The molecule has 0 rings (SSSR count). The van der Waals surface area contributed by atoms with Crippen LogP contribution in [-0.2, 0) is 4.79 Å². The standard InChI is InChI=1S/C11H22O/c1-5-9(2)7-6-8-10(3)11(4)12/h9-10H,5-8H2,1-4H3. The first-order valence-electron chi connectivity index (χ1n) is 5.08. The van der Waals surface area contributed by atoms with Crippen molar-refractivity contribution in [1.29, 1.82) is 0 Å². The average Bonchev–Trinajstić information content (AvgIpc) is 2.03. The fraction of sp³-hybridized carbons (Fsp3) is 0.909. The van der Waals surface area contributed by atoms with Gasteiger partial charge in [0.15, 0.2) is 0 Å². The fourth-order valence-corrected chi connectivity index (χ4v) is 1.18.